The maximum Gasteiger partial charge on any atom is 0.253 e. The molecule has 0 saturated carbocycles. The molecule has 0 aliphatic carbocycles. The van der Waals surface area contributed by atoms with Crippen LogP contribution in [0, 0.1) is 0 Å². The molecule has 1 amide bonds. The molecule has 2 aromatic carbocycles. The third-order valence-electron chi connectivity index (χ3n) is 5.53. The minimum Gasteiger partial charge on any atom is -0.369 e. The van der Waals surface area contributed by atoms with Gasteiger partial charge >= 0.3 is 0 Å². The SMILES string of the molecule is CCN(c1ccc(C(=O)N2CCN(S(=O)(=O)/C=C/c3ccccc3)CC2)cc1)C(C)C. The summed E-state index contributed by atoms with van der Waals surface area (Å²) in [4.78, 5) is 16.9. The first-order valence-corrected chi connectivity index (χ1v) is 12.2. The number of piperazine rings is 1. The van der Waals surface area contributed by atoms with Crippen LogP contribution in [0.2, 0.25) is 0 Å². The van der Waals surface area contributed by atoms with Gasteiger partial charge in [-0.25, -0.2) is 8.42 Å². The Labute approximate surface area is 185 Å². The predicted molar refractivity (Wildman–Crippen MR) is 126 cm³/mol. The van der Waals surface area contributed by atoms with Crippen LogP contribution in [0.4, 0.5) is 5.69 Å². The standard InChI is InChI=1S/C24H31N3O3S/c1-4-27(20(2)3)23-12-10-22(11-13-23)24(28)25-15-17-26(18-16-25)31(29,30)19-14-21-8-6-5-7-9-21/h5-14,19-20H,4,15-18H2,1-3H3/b19-14+. The second kappa shape index (κ2) is 10.1. The molecule has 0 radical (unpaired) electrons. The van der Waals surface area contributed by atoms with E-state index in [0.29, 0.717) is 37.8 Å². The van der Waals surface area contributed by atoms with Crippen molar-refractivity contribution in [3.8, 4) is 0 Å². The Kier molecular flexibility index (Phi) is 7.51. The summed E-state index contributed by atoms with van der Waals surface area (Å²) in [6, 6.07) is 17.4. The van der Waals surface area contributed by atoms with Crippen molar-refractivity contribution in [1.29, 1.82) is 0 Å². The van der Waals surface area contributed by atoms with E-state index in [9.17, 15) is 13.2 Å². The normalized spacial score (nSPS) is 15.5. The number of sulfonamides is 1. The van der Waals surface area contributed by atoms with Gasteiger partial charge in [-0.2, -0.15) is 4.31 Å². The smallest absolute Gasteiger partial charge is 0.253 e. The van der Waals surface area contributed by atoms with Gasteiger partial charge in [0.25, 0.3) is 5.91 Å². The van der Waals surface area contributed by atoms with Crippen LogP contribution >= 0.6 is 0 Å². The number of benzene rings is 2. The van der Waals surface area contributed by atoms with E-state index < -0.39 is 10.0 Å². The molecule has 2 aromatic rings. The summed E-state index contributed by atoms with van der Waals surface area (Å²) in [6.07, 6.45) is 1.60. The van der Waals surface area contributed by atoms with Gasteiger partial charge in [0, 0.05) is 55.4 Å². The first-order chi connectivity index (χ1) is 14.8. The molecule has 1 saturated heterocycles. The lowest BCUT2D eigenvalue weighted by Crippen LogP contribution is -2.50. The molecule has 0 atom stereocenters. The summed E-state index contributed by atoms with van der Waals surface area (Å²) in [7, 11) is -3.51. The van der Waals surface area contributed by atoms with Crippen LogP contribution in [0.5, 0.6) is 0 Å². The van der Waals surface area contributed by atoms with Crippen LogP contribution in [-0.4, -0.2) is 62.3 Å². The Morgan fingerprint density at radius 3 is 2.16 bits per heavy atom. The Morgan fingerprint density at radius 2 is 1.61 bits per heavy atom. The van der Waals surface area contributed by atoms with Gasteiger partial charge in [-0.3, -0.25) is 4.79 Å². The highest BCUT2D eigenvalue weighted by atomic mass is 32.2. The molecule has 166 valence electrons. The third-order valence-corrected chi connectivity index (χ3v) is 7.09. The topological polar surface area (TPSA) is 60.9 Å². The van der Waals surface area contributed by atoms with Gasteiger partial charge in [-0.15, -0.1) is 0 Å². The highest BCUT2D eigenvalue weighted by Gasteiger charge is 2.27. The quantitative estimate of drug-likeness (QED) is 0.658. The Hall–Kier alpha value is -2.64. The molecular formula is C24H31N3O3S. The van der Waals surface area contributed by atoms with Crippen LogP contribution in [0.3, 0.4) is 0 Å². The van der Waals surface area contributed by atoms with Gasteiger partial charge < -0.3 is 9.80 Å². The number of hydrogen-bond donors (Lipinski definition) is 0. The molecule has 0 spiro atoms. The van der Waals surface area contributed by atoms with Gasteiger partial charge in [0.1, 0.15) is 0 Å². The Bertz CT molecular complexity index is 994. The molecular weight excluding hydrogens is 410 g/mol. The van der Waals surface area contributed by atoms with Gasteiger partial charge in [0.2, 0.25) is 10.0 Å². The molecule has 6 nitrogen and oxygen atoms in total. The maximum atomic E-state index is 12.9. The van der Waals surface area contributed by atoms with Crippen molar-refractivity contribution in [3.63, 3.8) is 0 Å². The summed E-state index contributed by atoms with van der Waals surface area (Å²) in [5.41, 5.74) is 2.56. The summed E-state index contributed by atoms with van der Waals surface area (Å²) >= 11 is 0. The van der Waals surface area contributed by atoms with Crippen molar-refractivity contribution in [2.45, 2.75) is 26.8 Å². The number of carbonyl (C=O) groups excluding carboxylic acids is 1. The molecule has 1 aliphatic rings. The molecule has 0 N–H and O–H groups in total. The first kappa shape index (κ1) is 23.0. The summed E-state index contributed by atoms with van der Waals surface area (Å²) < 4.78 is 26.7. The number of anilines is 1. The van der Waals surface area contributed by atoms with Crippen molar-refractivity contribution in [2.24, 2.45) is 0 Å². The number of amides is 1. The summed E-state index contributed by atoms with van der Waals surface area (Å²) in [6.45, 7) is 8.65. The zero-order valence-corrected chi connectivity index (χ0v) is 19.3. The van der Waals surface area contributed by atoms with Gasteiger partial charge in [0.05, 0.1) is 0 Å². The van der Waals surface area contributed by atoms with Crippen molar-refractivity contribution < 1.29 is 13.2 Å². The molecule has 0 aromatic heterocycles. The fourth-order valence-electron chi connectivity index (χ4n) is 3.78. The van der Waals surface area contributed by atoms with Crippen LogP contribution in [0.15, 0.2) is 60.0 Å². The molecule has 1 aliphatic heterocycles. The van der Waals surface area contributed by atoms with E-state index in [1.54, 1.807) is 11.0 Å². The monoisotopic (exact) mass is 441 g/mol. The van der Waals surface area contributed by atoms with Gasteiger partial charge in [-0.1, -0.05) is 30.3 Å². The molecule has 7 heteroatoms. The van der Waals surface area contributed by atoms with Crippen molar-refractivity contribution in [3.05, 3.63) is 71.1 Å². The van der Waals surface area contributed by atoms with Crippen LogP contribution < -0.4 is 4.90 Å². The summed E-state index contributed by atoms with van der Waals surface area (Å²) in [5, 5.41) is 1.24. The highest BCUT2D eigenvalue weighted by molar-refractivity contribution is 7.92. The Balaban J connectivity index is 1.60. The van der Waals surface area contributed by atoms with E-state index in [2.05, 4.69) is 25.7 Å². The molecule has 1 fully saturated rings. The Morgan fingerprint density at radius 1 is 1.00 bits per heavy atom. The average molecular weight is 442 g/mol. The van der Waals surface area contributed by atoms with Crippen LogP contribution in [-0.2, 0) is 10.0 Å². The van der Waals surface area contributed by atoms with E-state index in [0.717, 1.165) is 17.8 Å². The number of carbonyl (C=O) groups is 1. The van der Waals surface area contributed by atoms with Gasteiger partial charge in [-0.05, 0) is 56.7 Å². The van der Waals surface area contributed by atoms with E-state index in [-0.39, 0.29) is 5.91 Å². The molecule has 31 heavy (non-hydrogen) atoms. The lowest BCUT2D eigenvalue weighted by atomic mass is 10.1. The summed E-state index contributed by atoms with van der Waals surface area (Å²) in [5.74, 6) is -0.0592. The zero-order valence-electron chi connectivity index (χ0n) is 18.4. The minimum atomic E-state index is -3.51. The molecule has 1 heterocycles. The highest BCUT2D eigenvalue weighted by Crippen LogP contribution is 2.19. The number of rotatable bonds is 7. The lowest BCUT2D eigenvalue weighted by molar-refractivity contribution is 0.0698. The first-order valence-electron chi connectivity index (χ1n) is 10.7. The fraction of sp³-hybridized carbons (Fsp3) is 0.375. The predicted octanol–water partition coefficient (Wildman–Crippen LogP) is 3.68. The molecule has 3 rings (SSSR count). The number of hydrogen-bond acceptors (Lipinski definition) is 4. The lowest BCUT2D eigenvalue weighted by Gasteiger charge is -2.33. The zero-order chi connectivity index (χ0) is 22.4. The van der Waals surface area contributed by atoms with E-state index in [4.69, 9.17) is 0 Å². The van der Waals surface area contributed by atoms with Crippen molar-refractivity contribution in [2.75, 3.05) is 37.6 Å². The van der Waals surface area contributed by atoms with E-state index in [1.165, 1.54) is 9.71 Å². The largest absolute Gasteiger partial charge is 0.369 e. The van der Waals surface area contributed by atoms with Crippen LogP contribution in [0.1, 0.15) is 36.7 Å². The number of nitrogens with zero attached hydrogens (tertiary/aromatic N) is 3. The fourth-order valence-corrected chi connectivity index (χ4v) is 4.96. The second-order valence-corrected chi connectivity index (χ2v) is 9.69. The third kappa shape index (κ3) is 5.74. The van der Waals surface area contributed by atoms with E-state index >= 15 is 0 Å². The minimum absolute atomic E-state index is 0.0592. The second-order valence-electron chi connectivity index (χ2n) is 7.88. The van der Waals surface area contributed by atoms with Crippen molar-refractivity contribution >= 4 is 27.7 Å². The molecule has 0 unspecified atom stereocenters. The average Bonchev–Trinajstić information content (AvgIpc) is 2.79. The van der Waals surface area contributed by atoms with Crippen LogP contribution in [0.25, 0.3) is 6.08 Å². The maximum absolute atomic E-state index is 12.9. The molecule has 0 bridgehead atoms. The van der Waals surface area contributed by atoms with Gasteiger partial charge in [0.15, 0.2) is 0 Å². The van der Waals surface area contributed by atoms with Crippen molar-refractivity contribution in [1.82, 2.24) is 9.21 Å². The van der Waals surface area contributed by atoms with E-state index in [1.807, 2.05) is 54.6 Å².